The number of halogens is 3. The Balaban J connectivity index is 1.52. The van der Waals surface area contributed by atoms with Gasteiger partial charge in [0.2, 0.25) is 16.0 Å². The van der Waals surface area contributed by atoms with Crippen molar-refractivity contribution >= 4 is 16.0 Å². The average molecular weight is 438 g/mol. The van der Waals surface area contributed by atoms with Crippen molar-refractivity contribution in [1.82, 2.24) is 14.3 Å². The van der Waals surface area contributed by atoms with Crippen molar-refractivity contribution in [2.75, 3.05) is 31.1 Å². The third-order valence-corrected chi connectivity index (χ3v) is 6.71. The fraction of sp³-hybridized carbons (Fsp3) is 0.263. The molecule has 1 fully saturated rings. The summed E-state index contributed by atoms with van der Waals surface area (Å²) in [5.74, 6) is 0.972. The zero-order chi connectivity index (χ0) is 21.4. The Morgan fingerprint density at radius 1 is 0.967 bits per heavy atom. The van der Waals surface area contributed by atoms with Crippen LogP contribution in [0.2, 0.25) is 0 Å². The van der Waals surface area contributed by atoms with Gasteiger partial charge in [-0.15, -0.1) is 0 Å². The van der Waals surface area contributed by atoms with E-state index in [1.807, 2.05) is 0 Å². The van der Waals surface area contributed by atoms with Crippen LogP contribution >= 0.6 is 0 Å². The zero-order valence-electron chi connectivity index (χ0n) is 15.6. The van der Waals surface area contributed by atoms with E-state index in [1.54, 1.807) is 29.3 Å². The topological polar surface area (TPSA) is 79.5 Å². The van der Waals surface area contributed by atoms with Gasteiger partial charge in [-0.3, -0.25) is 0 Å². The third kappa shape index (κ3) is 3.90. The number of anilines is 1. The molecule has 30 heavy (non-hydrogen) atoms. The molecule has 0 spiro atoms. The first-order chi connectivity index (χ1) is 14.3. The number of rotatable bonds is 4. The Morgan fingerprint density at radius 3 is 2.37 bits per heavy atom. The van der Waals surface area contributed by atoms with E-state index in [0.717, 1.165) is 16.4 Å². The van der Waals surface area contributed by atoms with Gasteiger partial charge in [-0.1, -0.05) is 12.1 Å². The number of alkyl halides is 3. The molecular weight excluding hydrogens is 421 g/mol. The van der Waals surface area contributed by atoms with Gasteiger partial charge in [0.1, 0.15) is 5.69 Å². The quantitative estimate of drug-likeness (QED) is 0.622. The Hall–Kier alpha value is -2.92. The second-order valence-corrected chi connectivity index (χ2v) is 8.51. The number of aromatic nitrogens is 2. The summed E-state index contributed by atoms with van der Waals surface area (Å²) < 4.78 is 71.9. The molecule has 0 N–H and O–H groups in total. The van der Waals surface area contributed by atoms with E-state index >= 15 is 0 Å². The van der Waals surface area contributed by atoms with E-state index in [9.17, 15) is 21.6 Å². The van der Waals surface area contributed by atoms with Crippen molar-refractivity contribution in [2.24, 2.45) is 0 Å². The standard InChI is InChI=1S/C19H17F3N4O3S/c20-19(21,22)14-4-1-2-6-17(14)30(27,28)26-11-9-25(10-12-26)18-23-8-7-15(24-18)16-5-3-13-29-16/h1-8,13H,9-12H2. The van der Waals surface area contributed by atoms with Gasteiger partial charge in [-0.2, -0.15) is 17.5 Å². The molecule has 0 amide bonds. The lowest BCUT2D eigenvalue weighted by Gasteiger charge is -2.34. The van der Waals surface area contributed by atoms with Crippen LogP contribution in [0.15, 0.2) is 64.2 Å². The zero-order valence-corrected chi connectivity index (χ0v) is 16.4. The summed E-state index contributed by atoms with van der Waals surface area (Å²) in [5.41, 5.74) is -0.582. The Bertz CT molecular complexity index is 1130. The van der Waals surface area contributed by atoms with Gasteiger partial charge in [0, 0.05) is 32.4 Å². The highest BCUT2D eigenvalue weighted by Gasteiger charge is 2.39. The first kappa shape index (κ1) is 20.4. The lowest BCUT2D eigenvalue weighted by molar-refractivity contribution is -0.139. The van der Waals surface area contributed by atoms with Crippen LogP contribution in [0.3, 0.4) is 0 Å². The molecule has 1 saturated heterocycles. The number of benzene rings is 1. The van der Waals surface area contributed by atoms with Gasteiger partial charge >= 0.3 is 6.18 Å². The Morgan fingerprint density at radius 2 is 1.70 bits per heavy atom. The van der Waals surface area contributed by atoms with Crippen molar-refractivity contribution in [2.45, 2.75) is 11.1 Å². The number of sulfonamides is 1. The first-order valence-electron chi connectivity index (χ1n) is 9.05. The van der Waals surface area contributed by atoms with Crippen LogP contribution in [-0.4, -0.2) is 48.9 Å². The predicted molar refractivity (Wildman–Crippen MR) is 102 cm³/mol. The number of furan rings is 1. The summed E-state index contributed by atoms with van der Waals surface area (Å²) in [6.07, 6.45) is -1.66. The van der Waals surface area contributed by atoms with Gasteiger partial charge in [0.05, 0.1) is 16.7 Å². The van der Waals surface area contributed by atoms with E-state index < -0.39 is 26.7 Å². The van der Waals surface area contributed by atoms with Crippen LogP contribution in [-0.2, 0) is 16.2 Å². The lowest BCUT2D eigenvalue weighted by atomic mass is 10.2. The number of piperazine rings is 1. The van der Waals surface area contributed by atoms with Crippen molar-refractivity contribution in [3.05, 3.63) is 60.5 Å². The highest BCUT2D eigenvalue weighted by atomic mass is 32.2. The highest BCUT2D eigenvalue weighted by Crippen LogP contribution is 2.35. The highest BCUT2D eigenvalue weighted by molar-refractivity contribution is 7.89. The number of nitrogens with zero attached hydrogens (tertiary/aromatic N) is 4. The van der Waals surface area contributed by atoms with Crippen LogP contribution < -0.4 is 4.90 Å². The van der Waals surface area contributed by atoms with Crippen LogP contribution in [0.4, 0.5) is 19.1 Å². The average Bonchev–Trinajstić information content (AvgIpc) is 3.28. The molecule has 0 aliphatic carbocycles. The summed E-state index contributed by atoms with van der Waals surface area (Å²) in [6, 6.07) is 9.40. The van der Waals surface area contributed by atoms with Gasteiger partial charge < -0.3 is 9.32 Å². The molecule has 0 bridgehead atoms. The van der Waals surface area contributed by atoms with Gasteiger partial charge in [-0.05, 0) is 30.3 Å². The fourth-order valence-corrected chi connectivity index (χ4v) is 4.89. The smallest absolute Gasteiger partial charge is 0.417 e. The van der Waals surface area contributed by atoms with E-state index in [-0.39, 0.29) is 26.2 Å². The fourth-order valence-electron chi connectivity index (χ4n) is 3.26. The summed E-state index contributed by atoms with van der Waals surface area (Å²) in [4.78, 5) is 9.71. The molecule has 3 heterocycles. The summed E-state index contributed by atoms with van der Waals surface area (Å²) in [5, 5.41) is 0. The SMILES string of the molecule is O=S(=O)(c1ccccc1C(F)(F)F)N1CCN(c2nccc(-c3ccco3)n2)CC1. The molecule has 1 aliphatic heterocycles. The van der Waals surface area contributed by atoms with Crippen molar-refractivity contribution in [3.63, 3.8) is 0 Å². The van der Waals surface area contributed by atoms with Crippen LogP contribution in [0.1, 0.15) is 5.56 Å². The maximum atomic E-state index is 13.3. The molecule has 0 unspecified atom stereocenters. The number of hydrogen-bond acceptors (Lipinski definition) is 6. The maximum Gasteiger partial charge on any atom is 0.417 e. The molecule has 1 aromatic carbocycles. The normalized spacial score (nSPS) is 16.0. The Kier molecular flexibility index (Phi) is 5.24. The minimum absolute atomic E-state index is 0.0167. The van der Waals surface area contributed by atoms with Crippen molar-refractivity contribution < 1.29 is 26.0 Å². The van der Waals surface area contributed by atoms with E-state index in [1.165, 1.54) is 18.4 Å². The minimum Gasteiger partial charge on any atom is -0.463 e. The maximum absolute atomic E-state index is 13.3. The minimum atomic E-state index is -4.76. The summed E-state index contributed by atoms with van der Waals surface area (Å²) >= 11 is 0. The molecule has 0 radical (unpaired) electrons. The number of hydrogen-bond donors (Lipinski definition) is 0. The van der Waals surface area contributed by atoms with E-state index in [2.05, 4.69) is 9.97 Å². The molecular formula is C19H17F3N4O3S. The third-order valence-electron chi connectivity index (χ3n) is 4.75. The van der Waals surface area contributed by atoms with E-state index in [0.29, 0.717) is 17.4 Å². The van der Waals surface area contributed by atoms with Crippen LogP contribution in [0.5, 0.6) is 0 Å². The molecule has 0 atom stereocenters. The molecule has 11 heteroatoms. The van der Waals surface area contributed by atoms with Crippen molar-refractivity contribution in [3.8, 4) is 11.5 Å². The second-order valence-electron chi connectivity index (χ2n) is 6.60. The molecule has 2 aromatic heterocycles. The summed E-state index contributed by atoms with van der Waals surface area (Å²) in [7, 11) is -4.29. The molecule has 3 aromatic rings. The van der Waals surface area contributed by atoms with E-state index in [4.69, 9.17) is 4.42 Å². The predicted octanol–water partition coefficient (Wildman–Crippen LogP) is 3.27. The molecule has 1 aliphatic rings. The molecule has 4 rings (SSSR count). The first-order valence-corrected chi connectivity index (χ1v) is 10.5. The van der Waals surface area contributed by atoms with Gasteiger partial charge in [-0.25, -0.2) is 18.4 Å². The largest absolute Gasteiger partial charge is 0.463 e. The molecule has 7 nitrogen and oxygen atoms in total. The second kappa shape index (κ2) is 7.73. The van der Waals surface area contributed by atoms with Gasteiger partial charge in [0.25, 0.3) is 0 Å². The van der Waals surface area contributed by atoms with Crippen molar-refractivity contribution in [1.29, 1.82) is 0 Å². The van der Waals surface area contributed by atoms with Crippen LogP contribution in [0, 0.1) is 0 Å². The lowest BCUT2D eigenvalue weighted by Crippen LogP contribution is -2.49. The molecule has 158 valence electrons. The summed E-state index contributed by atoms with van der Waals surface area (Å²) in [6.45, 7) is 0.524. The molecule has 0 saturated carbocycles. The Labute approximate surface area is 170 Å². The monoisotopic (exact) mass is 438 g/mol. The van der Waals surface area contributed by atoms with Crippen LogP contribution in [0.25, 0.3) is 11.5 Å². The van der Waals surface area contributed by atoms with Gasteiger partial charge in [0.15, 0.2) is 5.76 Å².